The molecule has 1 amide bonds. The van der Waals surface area contributed by atoms with Crippen molar-refractivity contribution in [3.05, 3.63) is 12.2 Å². The van der Waals surface area contributed by atoms with Crippen molar-refractivity contribution in [3.63, 3.8) is 0 Å². The van der Waals surface area contributed by atoms with Crippen LogP contribution in [-0.2, 0) is 22.7 Å². The Balaban J connectivity index is 2.03. The normalized spacial score (nSPS) is 19.5. The largest absolute Gasteiger partial charge is 0.481 e. The molecule has 0 saturated carbocycles. The Bertz CT molecular complexity index is 457. The lowest BCUT2D eigenvalue weighted by Crippen LogP contribution is -2.27. The first kappa shape index (κ1) is 12.5. The van der Waals surface area contributed by atoms with E-state index in [1.54, 1.807) is 6.33 Å². The quantitative estimate of drug-likeness (QED) is 0.804. The van der Waals surface area contributed by atoms with E-state index in [4.69, 9.17) is 5.11 Å². The van der Waals surface area contributed by atoms with Gasteiger partial charge in [0, 0.05) is 19.5 Å². The first-order valence-corrected chi connectivity index (χ1v) is 5.99. The van der Waals surface area contributed by atoms with Gasteiger partial charge in [-0.2, -0.15) is 0 Å². The highest BCUT2D eigenvalue weighted by atomic mass is 16.4. The maximum absolute atomic E-state index is 11.7. The molecule has 0 unspecified atom stereocenters. The van der Waals surface area contributed by atoms with Gasteiger partial charge in [0.15, 0.2) is 5.82 Å². The van der Waals surface area contributed by atoms with Gasteiger partial charge in [-0.25, -0.2) is 0 Å². The number of carbonyl (C=O) groups is 2. The highest BCUT2D eigenvalue weighted by Crippen LogP contribution is 2.19. The molecule has 2 rings (SSSR count). The predicted octanol–water partition coefficient (Wildman–Crippen LogP) is 0.121. The maximum atomic E-state index is 11.7. The topological polar surface area (TPSA) is 88.3 Å². The number of rotatable bonds is 5. The lowest BCUT2D eigenvalue weighted by Gasteiger charge is -2.15. The Labute approximate surface area is 104 Å². The molecule has 7 nitrogen and oxygen atoms in total. The van der Waals surface area contributed by atoms with E-state index in [1.165, 1.54) is 4.90 Å². The zero-order valence-electron chi connectivity index (χ0n) is 10.2. The molecule has 1 N–H and O–H groups in total. The van der Waals surface area contributed by atoms with E-state index in [1.807, 2.05) is 11.5 Å². The van der Waals surface area contributed by atoms with E-state index in [2.05, 4.69) is 10.2 Å². The molecule has 0 bridgehead atoms. The number of hydrogen-bond donors (Lipinski definition) is 1. The van der Waals surface area contributed by atoms with E-state index in [0.717, 1.165) is 13.0 Å². The van der Waals surface area contributed by atoms with Crippen LogP contribution in [0.25, 0.3) is 0 Å². The van der Waals surface area contributed by atoms with Crippen LogP contribution < -0.4 is 0 Å². The van der Waals surface area contributed by atoms with Crippen molar-refractivity contribution in [1.29, 1.82) is 0 Å². The number of amides is 1. The summed E-state index contributed by atoms with van der Waals surface area (Å²) in [6, 6.07) is 0. The van der Waals surface area contributed by atoms with Crippen molar-refractivity contribution in [2.75, 3.05) is 6.54 Å². The molecule has 2 heterocycles. The number of aromatic nitrogens is 3. The first-order chi connectivity index (χ1) is 8.61. The van der Waals surface area contributed by atoms with Crippen molar-refractivity contribution in [3.8, 4) is 0 Å². The second-order valence-corrected chi connectivity index (χ2v) is 4.45. The van der Waals surface area contributed by atoms with Crippen molar-refractivity contribution < 1.29 is 14.7 Å². The Kier molecular flexibility index (Phi) is 3.59. The van der Waals surface area contributed by atoms with Crippen LogP contribution in [0.3, 0.4) is 0 Å². The third-order valence-electron chi connectivity index (χ3n) is 3.06. The Morgan fingerprint density at radius 2 is 2.39 bits per heavy atom. The minimum absolute atomic E-state index is 0.0806. The summed E-state index contributed by atoms with van der Waals surface area (Å²) in [5.41, 5.74) is 0. The fourth-order valence-corrected chi connectivity index (χ4v) is 2.09. The molecular formula is C11H16N4O3. The summed E-state index contributed by atoms with van der Waals surface area (Å²) in [7, 11) is 0. The summed E-state index contributed by atoms with van der Waals surface area (Å²) in [6.07, 6.45) is 2.67. The zero-order valence-corrected chi connectivity index (χ0v) is 10.2. The molecule has 98 valence electrons. The van der Waals surface area contributed by atoms with Crippen molar-refractivity contribution in [2.24, 2.45) is 5.92 Å². The summed E-state index contributed by atoms with van der Waals surface area (Å²) in [4.78, 5) is 24.1. The van der Waals surface area contributed by atoms with E-state index >= 15 is 0 Å². The van der Waals surface area contributed by atoms with Gasteiger partial charge in [0.2, 0.25) is 5.91 Å². The van der Waals surface area contributed by atoms with E-state index < -0.39 is 11.9 Å². The molecule has 0 aliphatic carbocycles. The predicted molar refractivity (Wildman–Crippen MR) is 61.5 cm³/mol. The highest BCUT2D eigenvalue weighted by Gasteiger charge is 2.34. The van der Waals surface area contributed by atoms with E-state index in [-0.39, 0.29) is 18.9 Å². The molecule has 1 aliphatic rings. The third kappa shape index (κ3) is 2.49. The summed E-state index contributed by atoms with van der Waals surface area (Å²) in [5, 5.41) is 16.7. The van der Waals surface area contributed by atoms with Gasteiger partial charge in [-0.15, -0.1) is 10.2 Å². The standard InChI is InChI=1S/C11H16N4O3/c1-2-3-14-7-12-13-9(14)6-15-5-8(11(17)18)4-10(15)16/h7-8H,2-6H2,1H3,(H,17,18)/t8-/m1/s1. The summed E-state index contributed by atoms with van der Waals surface area (Å²) < 4.78 is 1.89. The average molecular weight is 252 g/mol. The molecule has 0 aromatic carbocycles. The molecule has 1 aromatic rings. The fraction of sp³-hybridized carbons (Fsp3) is 0.636. The van der Waals surface area contributed by atoms with Crippen LogP contribution in [0.2, 0.25) is 0 Å². The number of aliphatic carboxylic acids is 1. The third-order valence-corrected chi connectivity index (χ3v) is 3.06. The summed E-state index contributed by atoms with van der Waals surface area (Å²) in [5.74, 6) is -0.939. The smallest absolute Gasteiger partial charge is 0.308 e. The number of hydrogen-bond acceptors (Lipinski definition) is 4. The summed E-state index contributed by atoms with van der Waals surface area (Å²) >= 11 is 0. The molecule has 0 radical (unpaired) electrons. The van der Waals surface area contributed by atoms with Crippen molar-refractivity contribution >= 4 is 11.9 Å². The molecule has 1 aliphatic heterocycles. The molecule has 1 atom stereocenters. The Hall–Kier alpha value is -1.92. The Morgan fingerprint density at radius 1 is 1.61 bits per heavy atom. The number of carboxylic acids is 1. The summed E-state index contributed by atoms with van der Waals surface area (Å²) in [6.45, 7) is 3.44. The van der Waals surface area contributed by atoms with Crippen LogP contribution in [0.5, 0.6) is 0 Å². The molecule has 0 spiro atoms. The van der Waals surface area contributed by atoms with Gasteiger partial charge in [-0.05, 0) is 6.42 Å². The lowest BCUT2D eigenvalue weighted by atomic mass is 10.1. The van der Waals surface area contributed by atoms with Gasteiger partial charge in [-0.1, -0.05) is 6.92 Å². The molecular weight excluding hydrogens is 236 g/mol. The van der Waals surface area contributed by atoms with E-state index in [9.17, 15) is 9.59 Å². The molecule has 1 fully saturated rings. The van der Waals surface area contributed by atoms with Crippen molar-refractivity contribution in [1.82, 2.24) is 19.7 Å². The zero-order chi connectivity index (χ0) is 13.1. The lowest BCUT2D eigenvalue weighted by molar-refractivity contribution is -0.141. The van der Waals surface area contributed by atoms with Gasteiger partial charge >= 0.3 is 5.97 Å². The van der Waals surface area contributed by atoms with Gasteiger partial charge in [0.25, 0.3) is 0 Å². The van der Waals surface area contributed by atoms with Gasteiger partial charge in [-0.3, -0.25) is 9.59 Å². The number of likely N-dealkylation sites (tertiary alicyclic amines) is 1. The van der Waals surface area contributed by atoms with Crippen LogP contribution in [-0.4, -0.2) is 43.2 Å². The second kappa shape index (κ2) is 5.16. The van der Waals surface area contributed by atoms with Crippen LogP contribution in [0.4, 0.5) is 0 Å². The molecule has 1 saturated heterocycles. The SMILES string of the molecule is CCCn1cnnc1CN1C[C@H](C(=O)O)CC1=O. The average Bonchev–Trinajstić information content (AvgIpc) is 2.89. The van der Waals surface area contributed by atoms with Crippen LogP contribution in [0.15, 0.2) is 6.33 Å². The number of carboxylic acid groups (broad SMARTS) is 1. The van der Waals surface area contributed by atoms with Crippen LogP contribution in [0.1, 0.15) is 25.6 Å². The second-order valence-electron chi connectivity index (χ2n) is 4.45. The number of aryl methyl sites for hydroxylation is 1. The Morgan fingerprint density at radius 3 is 3.00 bits per heavy atom. The molecule has 7 heteroatoms. The number of nitrogens with zero attached hydrogens (tertiary/aromatic N) is 4. The highest BCUT2D eigenvalue weighted by molar-refractivity contribution is 5.85. The van der Waals surface area contributed by atoms with Gasteiger partial charge in [0.1, 0.15) is 6.33 Å². The fourth-order valence-electron chi connectivity index (χ4n) is 2.09. The maximum Gasteiger partial charge on any atom is 0.308 e. The minimum atomic E-state index is -0.916. The van der Waals surface area contributed by atoms with Crippen LogP contribution in [0, 0.1) is 5.92 Å². The van der Waals surface area contributed by atoms with Crippen molar-refractivity contribution in [2.45, 2.75) is 32.9 Å². The first-order valence-electron chi connectivity index (χ1n) is 5.99. The van der Waals surface area contributed by atoms with Crippen LogP contribution >= 0.6 is 0 Å². The minimum Gasteiger partial charge on any atom is -0.481 e. The number of carbonyl (C=O) groups excluding carboxylic acids is 1. The van der Waals surface area contributed by atoms with Gasteiger partial charge < -0.3 is 14.6 Å². The van der Waals surface area contributed by atoms with Gasteiger partial charge in [0.05, 0.1) is 12.5 Å². The molecule has 1 aromatic heterocycles. The van der Waals surface area contributed by atoms with E-state index in [0.29, 0.717) is 12.4 Å². The monoisotopic (exact) mass is 252 g/mol. The molecule has 18 heavy (non-hydrogen) atoms.